The van der Waals surface area contributed by atoms with Crippen LogP contribution in [-0.2, 0) is 4.84 Å². The Morgan fingerprint density at radius 2 is 1.75 bits per heavy atom. The van der Waals surface area contributed by atoms with Gasteiger partial charge >= 0.3 is 0 Å². The lowest BCUT2D eigenvalue weighted by molar-refractivity contribution is 0.214. The quantitative estimate of drug-likeness (QED) is 0.421. The van der Waals surface area contributed by atoms with Crippen molar-refractivity contribution < 1.29 is 4.84 Å². The first-order chi connectivity index (χ1) is 11.9. The SMILES string of the molecule is CON=C(c1cnc2ccccc2c1)c1cccc2cccnc12. The van der Waals surface area contributed by atoms with E-state index in [1.54, 1.807) is 13.3 Å². The molecular weight excluding hydrogens is 298 g/mol. The maximum Gasteiger partial charge on any atom is 0.121 e. The summed E-state index contributed by atoms with van der Waals surface area (Å²) in [5.41, 5.74) is 4.39. The van der Waals surface area contributed by atoms with Gasteiger partial charge in [-0.05, 0) is 18.2 Å². The minimum atomic E-state index is 0.722. The van der Waals surface area contributed by atoms with Crippen molar-refractivity contribution in [2.45, 2.75) is 0 Å². The van der Waals surface area contributed by atoms with Crippen LogP contribution in [0.25, 0.3) is 21.8 Å². The lowest BCUT2D eigenvalue weighted by Gasteiger charge is -2.09. The van der Waals surface area contributed by atoms with Crippen molar-refractivity contribution in [2.24, 2.45) is 5.16 Å². The molecular formula is C20H15N3O. The lowest BCUT2D eigenvalue weighted by atomic mass is 9.99. The summed E-state index contributed by atoms with van der Waals surface area (Å²) in [6.45, 7) is 0. The van der Waals surface area contributed by atoms with E-state index in [4.69, 9.17) is 4.84 Å². The number of hydrogen-bond acceptors (Lipinski definition) is 4. The van der Waals surface area contributed by atoms with Gasteiger partial charge in [-0.1, -0.05) is 47.6 Å². The van der Waals surface area contributed by atoms with Crippen LogP contribution in [0.15, 0.2) is 78.2 Å². The van der Waals surface area contributed by atoms with Crippen LogP contribution >= 0.6 is 0 Å². The molecule has 0 aliphatic carbocycles. The van der Waals surface area contributed by atoms with Gasteiger partial charge in [0.1, 0.15) is 12.8 Å². The Morgan fingerprint density at radius 3 is 2.67 bits per heavy atom. The number of para-hydroxylation sites is 2. The molecule has 116 valence electrons. The van der Waals surface area contributed by atoms with E-state index in [1.165, 1.54) is 0 Å². The van der Waals surface area contributed by atoms with Crippen LogP contribution in [0.1, 0.15) is 11.1 Å². The van der Waals surface area contributed by atoms with Gasteiger partial charge in [0.25, 0.3) is 0 Å². The molecule has 0 aliphatic rings. The second-order valence-electron chi connectivity index (χ2n) is 5.42. The van der Waals surface area contributed by atoms with Gasteiger partial charge in [0.05, 0.1) is 11.0 Å². The van der Waals surface area contributed by atoms with Gasteiger partial charge in [-0.3, -0.25) is 9.97 Å². The molecule has 0 unspecified atom stereocenters. The summed E-state index contributed by atoms with van der Waals surface area (Å²) < 4.78 is 0. The van der Waals surface area contributed by atoms with Crippen LogP contribution < -0.4 is 0 Å². The number of nitrogens with zero attached hydrogens (tertiary/aromatic N) is 3. The second-order valence-corrected chi connectivity index (χ2v) is 5.42. The van der Waals surface area contributed by atoms with Crippen LogP contribution in [0.5, 0.6) is 0 Å². The van der Waals surface area contributed by atoms with Gasteiger partial charge in [-0.2, -0.15) is 0 Å². The third-order valence-electron chi connectivity index (χ3n) is 3.93. The smallest absolute Gasteiger partial charge is 0.121 e. The Labute approximate surface area is 139 Å². The Kier molecular flexibility index (Phi) is 3.63. The molecule has 4 aromatic rings. The number of fused-ring (bicyclic) bond motifs is 2. The maximum atomic E-state index is 5.11. The average Bonchev–Trinajstić information content (AvgIpc) is 2.65. The molecule has 4 heteroatoms. The van der Waals surface area contributed by atoms with E-state index >= 15 is 0 Å². The molecule has 2 heterocycles. The Morgan fingerprint density at radius 1 is 0.917 bits per heavy atom. The fraction of sp³-hybridized carbons (Fsp3) is 0.0500. The van der Waals surface area contributed by atoms with E-state index in [-0.39, 0.29) is 0 Å². The zero-order valence-corrected chi connectivity index (χ0v) is 13.2. The fourth-order valence-corrected chi connectivity index (χ4v) is 2.84. The molecule has 0 amide bonds. The normalized spacial score (nSPS) is 11.8. The third-order valence-corrected chi connectivity index (χ3v) is 3.93. The van der Waals surface area contributed by atoms with E-state index in [0.29, 0.717) is 0 Å². The Bertz CT molecular complexity index is 1050. The topological polar surface area (TPSA) is 47.4 Å². The van der Waals surface area contributed by atoms with E-state index in [0.717, 1.165) is 38.6 Å². The van der Waals surface area contributed by atoms with Crippen molar-refractivity contribution >= 4 is 27.5 Å². The first-order valence-electron chi connectivity index (χ1n) is 7.67. The highest BCUT2D eigenvalue weighted by molar-refractivity contribution is 6.19. The first kappa shape index (κ1) is 14.3. The standard InChI is InChI=1S/C20H15N3O/c1-24-23-20(16-12-15-6-2-3-10-18(15)22-13-16)17-9-4-7-14-8-5-11-21-19(14)17/h2-13H,1H3. The predicted molar refractivity (Wildman–Crippen MR) is 96.1 cm³/mol. The molecule has 2 aromatic carbocycles. The monoisotopic (exact) mass is 313 g/mol. The van der Waals surface area contributed by atoms with Crippen LogP contribution in [-0.4, -0.2) is 22.8 Å². The minimum Gasteiger partial charge on any atom is -0.399 e. The number of benzene rings is 2. The van der Waals surface area contributed by atoms with Crippen molar-refractivity contribution in [1.82, 2.24) is 9.97 Å². The third kappa shape index (κ3) is 2.48. The largest absolute Gasteiger partial charge is 0.399 e. The van der Waals surface area contributed by atoms with Gasteiger partial charge in [-0.25, -0.2) is 0 Å². The molecule has 2 aromatic heterocycles. The molecule has 0 radical (unpaired) electrons. The van der Waals surface area contributed by atoms with Crippen molar-refractivity contribution in [3.05, 3.63) is 84.2 Å². The minimum absolute atomic E-state index is 0.722. The van der Waals surface area contributed by atoms with Crippen LogP contribution in [0.4, 0.5) is 0 Å². The van der Waals surface area contributed by atoms with E-state index in [9.17, 15) is 0 Å². The van der Waals surface area contributed by atoms with Crippen molar-refractivity contribution in [1.29, 1.82) is 0 Å². The number of pyridine rings is 2. The zero-order valence-electron chi connectivity index (χ0n) is 13.2. The molecule has 0 fully saturated rings. The van der Waals surface area contributed by atoms with Gasteiger partial charge < -0.3 is 4.84 Å². The van der Waals surface area contributed by atoms with E-state index < -0.39 is 0 Å². The highest BCUT2D eigenvalue weighted by Gasteiger charge is 2.13. The zero-order chi connectivity index (χ0) is 16.4. The van der Waals surface area contributed by atoms with Crippen LogP contribution in [0.3, 0.4) is 0 Å². The van der Waals surface area contributed by atoms with Crippen molar-refractivity contribution in [2.75, 3.05) is 7.11 Å². The van der Waals surface area contributed by atoms with Gasteiger partial charge in [0, 0.05) is 34.3 Å². The second kappa shape index (κ2) is 6.08. The van der Waals surface area contributed by atoms with E-state index in [2.05, 4.69) is 21.2 Å². The summed E-state index contributed by atoms with van der Waals surface area (Å²) in [5, 5.41) is 6.38. The number of oxime groups is 1. The summed E-state index contributed by atoms with van der Waals surface area (Å²) in [6, 6.07) is 20.1. The Balaban J connectivity index is 1.94. The summed E-state index contributed by atoms with van der Waals surface area (Å²) >= 11 is 0. The molecule has 0 N–H and O–H groups in total. The maximum absolute atomic E-state index is 5.11. The fourth-order valence-electron chi connectivity index (χ4n) is 2.84. The molecule has 0 aliphatic heterocycles. The summed E-state index contributed by atoms with van der Waals surface area (Å²) in [7, 11) is 1.55. The van der Waals surface area contributed by atoms with Gasteiger partial charge in [0.15, 0.2) is 0 Å². The molecule has 4 rings (SSSR count). The van der Waals surface area contributed by atoms with Gasteiger partial charge in [-0.15, -0.1) is 0 Å². The molecule has 24 heavy (non-hydrogen) atoms. The van der Waals surface area contributed by atoms with Crippen molar-refractivity contribution in [3.63, 3.8) is 0 Å². The first-order valence-corrected chi connectivity index (χ1v) is 7.67. The molecule has 0 atom stereocenters. The molecule has 0 bridgehead atoms. The molecule has 0 saturated heterocycles. The van der Waals surface area contributed by atoms with Crippen LogP contribution in [0, 0.1) is 0 Å². The number of rotatable bonds is 3. The van der Waals surface area contributed by atoms with E-state index in [1.807, 2.05) is 60.8 Å². The van der Waals surface area contributed by atoms with Crippen LogP contribution in [0.2, 0.25) is 0 Å². The molecule has 0 spiro atoms. The number of aromatic nitrogens is 2. The highest BCUT2D eigenvalue weighted by Crippen LogP contribution is 2.22. The average molecular weight is 313 g/mol. The predicted octanol–water partition coefficient (Wildman–Crippen LogP) is 4.18. The Hall–Kier alpha value is -3.27. The van der Waals surface area contributed by atoms with Gasteiger partial charge in [0.2, 0.25) is 0 Å². The highest BCUT2D eigenvalue weighted by atomic mass is 16.6. The molecule has 4 nitrogen and oxygen atoms in total. The lowest BCUT2D eigenvalue weighted by Crippen LogP contribution is -2.06. The molecule has 0 saturated carbocycles. The van der Waals surface area contributed by atoms with Crippen molar-refractivity contribution in [3.8, 4) is 0 Å². The summed E-state index contributed by atoms with van der Waals surface area (Å²) in [6.07, 6.45) is 3.61. The number of hydrogen-bond donors (Lipinski definition) is 0. The summed E-state index contributed by atoms with van der Waals surface area (Å²) in [4.78, 5) is 14.2. The summed E-state index contributed by atoms with van der Waals surface area (Å²) in [5.74, 6) is 0.